The van der Waals surface area contributed by atoms with E-state index in [4.69, 9.17) is 0 Å². The summed E-state index contributed by atoms with van der Waals surface area (Å²) >= 11 is 1.66. The van der Waals surface area contributed by atoms with E-state index in [-0.39, 0.29) is 5.91 Å². The van der Waals surface area contributed by atoms with E-state index >= 15 is 0 Å². The molecule has 1 amide bonds. The average Bonchev–Trinajstić information content (AvgIpc) is 2.98. The van der Waals surface area contributed by atoms with Crippen LogP contribution in [0.2, 0.25) is 0 Å². The fraction of sp³-hybridized carbons (Fsp3) is 0.412. The summed E-state index contributed by atoms with van der Waals surface area (Å²) in [6.07, 6.45) is 3.11. The Morgan fingerprint density at radius 2 is 2.39 bits per heavy atom. The van der Waals surface area contributed by atoms with Crippen LogP contribution in [0.1, 0.15) is 33.1 Å². The first kappa shape index (κ1) is 16.0. The number of aryl methyl sites for hydroxylation is 1. The van der Waals surface area contributed by atoms with E-state index in [1.807, 2.05) is 37.4 Å². The zero-order valence-electron chi connectivity index (χ0n) is 13.2. The number of aromatic nitrogens is 1. The lowest BCUT2D eigenvalue weighted by molar-refractivity contribution is 0.0474. The number of hydrogen-bond donors (Lipinski definition) is 2. The van der Waals surface area contributed by atoms with E-state index in [0.29, 0.717) is 25.2 Å². The monoisotopic (exact) mass is 331 g/mol. The average molecular weight is 331 g/mol. The Morgan fingerprint density at radius 1 is 1.52 bits per heavy atom. The number of β-amino-alcohol motifs (C(OH)–C–C–N with tert-alkyl or cyclic N) is 1. The largest absolute Gasteiger partial charge is 0.391 e. The molecule has 6 heteroatoms. The second-order valence-electron chi connectivity index (χ2n) is 5.83. The van der Waals surface area contributed by atoms with Crippen LogP contribution in [0, 0.1) is 6.92 Å². The van der Waals surface area contributed by atoms with Crippen molar-refractivity contribution >= 4 is 22.9 Å². The second-order valence-corrected chi connectivity index (χ2v) is 7.15. The van der Waals surface area contributed by atoms with Gasteiger partial charge in [0.2, 0.25) is 0 Å². The highest BCUT2D eigenvalue weighted by atomic mass is 32.1. The molecule has 0 radical (unpaired) electrons. The molecule has 0 bridgehead atoms. The lowest BCUT2D eigenvalue weighted by atomic mass is 10.1. The maximum atomic E-state index is 12.6. The predicted molar refractivity (Wildman–Crippen MR) is 91.8 cm³/mol. The number of anilines is 1. The molecule has 1 aromatic heterocycles. The Labute approximate surface area is 140 Å². The molecule has 1 aliphatic rings. The lowest BCUT2D eigenvalue weighted by Crippen LogP contribution is -2.42. The molecule has 1 atom stereocenters. The standard InChI is InChI=1S/C17H21N3O2S/c1-12-18-9-16(23-12)10-19-14-5-2-4-13(8-14)17(22)20-7-3-6-15(21)11-20/h2,4-5,8-9,15,19,21H,3,6-7,10-11H2,1H3. The van der Waals surface area contributed by atoms with Crippen LogP contribution in [0.15, 0.2) is 30.5 Å². The first-order valence-corrected chi connectivity index (χ1v) is 8.66. The SMILES string of the molecule is Cc1ncc(CNc2cccc(C(=O)N3CCCC(O)C3)c2)s1. The Morgan fingerprint density at radius 3 is 3.13 bits per heavy atom. The Hall–Kier alpha value is -1.92. The highest BCUT2D eigenvalue weighted by molar-refractivity contribution is 7.11. The molecule has 0 spiro atoms. The van der Waals surface area contributed by atoms with E-state index in [9.17, 15) is 9.90 Å². The van der Waals surface area contributed by atoms with E-state index in [1.54, 1.807) is 16.2 Å². The molecule has 23 heavy (non-hydrogen) atoms. The van der Waals surface area contributed by atoms with Gasteiger partial charge in [-0.15, -0.1) is 11.3 Å². The van der Waals surface area contributed by atoms with Crippen molar-refractivity contribution in [2.75, 3.05) is 18.4 Å². The fourth-order valence-electron chi connectivity index (χ4n) is 2.76. The molecular formula is C17H21N3O2S. The van der Waals surface area contributed by atoms with Crippen molar-refractivity contribution in [1.29, 1.82) is 0 Å². The van der Waals surface area contributed by atoms with Gasteiger partial charge in [0.15, 0.2) is 0 Å². The number of likely N-dealkylation sites (tertiary alicyclic amines) is 1. The summed E-state index contributed by atoms with van der Waals surface area (Å²) in [6, 6.07) is 7.53. The summed E-state index contributed by atoms with van der Waals surface area (Å²) in [5.41, 5.74) is 1.57. The summed E-state index contributed by atoms with van der Waals surface area (Å²) < 4.78 is 0. The van der Waals surface area contributed by atoms with Crippen molar-refractivity contribution in [1.82, 2.24) is 9.88 Å². The van der Waals surface area contributed by atoms with Crippen LogP contribution in [0.3, 0.4) is 0 Å². The minimum Gasteiger partial charge on any atom is -0.391 e. The van der Waals surface area contributed by atoms with Gasteiger partial charge >= 0.3 is 0 Å². The molecular weight excluding hydrogens is 310 g/mol. The number of nitrogens with one attached hydrogen (secondary N) is 1. The molecule has 5 nitrogen and oxygen atoms in total. The van der Waals surface area contributed by atoms with Crippen LogP contribution in [-0.2, 0) is 6.54 Å². The third-order valence-corrected chi connectivity index (χ3v) is 4.84. The summed E-state index contributed by atoms with van der Waals surface area (Å²) in [6.45, 7) is 3.83. The number of benzene rings is 1. The number of carbonyl (C=O) groups is 1. The zero-order valence-corrected chi connectivity index (χ0v) is 14.0. The minimum absolute atomic E-state index is 0.0129. The van der Waals surface area contributed by atoms with Crippen molar-refractivity contribution in [3.63, 3.8) is 0 Å². The molecule has 1 unspecified atom stereocenters. The number of aliphatic hydroxyl groups is 1. The van der Waals surface area contributed by atoms with Crippen molar-refractivity contribution in [3.05, 3.63) is 45.9 Å². The van der Waals surface area contributed by atoms with E-state index in [2.05, 4.69) is 10.3 Å². The van der Waals surface area contributed by atoms with Crippen molar-refractivity contribution in [2.24, 2.45) is 0 Å². The Bertz CT molecular complexity index is 686. The van der Waals surface area contributed by atoms with Crippen LogP contribution in [0.5, 0.6) is 0 Å². The Balaban J connectivity index is 1.65. The van der Waals surface area contributed by atoms with Crippen LogP contribution < -0.4 is 5.32 Å². The van der Waals surface area contributed by atoms with Gasteiger partial charge < -0.3 is 15.3 Å². The van der Waals surface area contributed by atoms with Crippen LogP contribution in [0.4, 0.5) is 5.69 Å². The number of carbonyl (C=O) groups excluding carboxylic acids is 1. The number of thiazole rings is 1. The Kier molecular flexibility index (Phi) is 4.93. The van der Waals surface area contributed by atoms with Crippen molar-refractivity contribution in [2.45, 2.75) is 32.4 Å². The highest BCUT2D eigenvalue weighted by Gasteiger charge is 2.23. The molecule has 1 aliphatic heterocycles. The highest BCUT2D eigenvalue weighted by Crippen LogP contribution is 2.18. The van der Waals surface area contributed by atoms with Gasteiger partial charge in [0.25, 0.3) is 5.91 Å². The topological polar surface area (TPSA) is 65.5 Å². The van der Waals surface area contributed by atoms with Crippen LogP contribution in [0.25, 0.3) is 0 Å². The van der Waals surface area contributed by atoms with Gasteiger partial charge in [-0.2, -0.15) is 0 Å². The number of piperidine rings is 1. The third-order valence-electron chi connectivity index (χ3n) is 3.93. The molecule has 0 aliphatic carbocycles. The summed E-state index contributed by atoms with van der Waals surface area (Å²) in [7, 11) is 0. The molecule has 1 aromatic carbocycles. The van der Waals surface area contributed by atoms with Crippen molar-refractivity contribution in [3.8, 4) is 0 Å². The number of aliphatic hydroxyl groups excluding tert-OH is 1. The first-order valence-electron chi connectivity index (χ1n) is 7.84. The lowest BCUT2D eigenvalue weighted by Gasteiger charge is -2.30. The van der Waals surface area contributed by atoms with Gasteiger partial charge in [0.1, 0.15) is 0 Å². The molecule has 2 N–H and O–H groups in total. The predicted octanol–water partition coefficient (Wildman–Crippen LogP) is 2.66. The normalized spacial score (nSPS) is 18.0. The maximum Gasteiger partial charge on any atom is 0.254 e. The number of hydrogen-bond acceptors (Lipinski definition) is 5. The zero-order chi connectivity index (χ0) is 16.2. The summed E-state index contributed by atoms with van der Waals surface area (Å²) in [5, 5.41) is 14.1. The maximum absolute atomic E-state index is 12.6. The van der Waals surface area contributed by atoms with Gasteiger partial charge in [-0.05, 0) is 38.0 Å². The molecule has 2 aromatic rings. The van der Waals surface area contributed by atoms with Crippen LogP contribution >= 0.6 is 11.3 Å². The molecule has 1 fully saturated rings. The molecule has 1 saturated heterocycles. The van der Waals surface area contributed by atoms with E-state index in [1.165, 1.54) is 4.88 Å². The van der Waals surface area contributed by atoms with Gasteiger partial charge in [-0.25, -0.2) is 4.98 Å². The number of nitrogens with zero attached hydrogens (tertiary/aromatic N) is 2. The quantitative estimate of drug-likeness (QED) is 0.904. The van der Waals surface area contributed by atoms with Gasteiger partial charge in [-0.1, -0.05) is 6.07 Å². The van der Waals surface area contributed by atoms with Gasteiger partial charge in [0.05, 0.1) is 17.7 Å². The minimum atomic E-state index is -0.399. The van der Waals surface area contributed by atoms with Crippen molar-refractivity contribution < 1.29 is 9.90 Å². The smallest absolute Gasteiger partial charge is 0.254 e. The van der Waals surface area contributed by atoms with Gasteiger partial charge in [0, 0.05) is 35.4 Å². The van der Waals surface area contributed by atoms with E-state index < -0.39 is 6.10 Å². The van der Waals surface area contributed by atoms with Gasteiger partial charge in [-0.3, -0.25) is 4.79 Å². The molecule has 2 heterocycles. The molecule has 3 rings (SSSR count). The number of amides is 1. The summed E-state index contributed by atoms with van der Waals surface area (Å²) in [4.78, 5) is 19.7. The van der Waals surface area contributed by atoms with E-state index in [0.717, 1.165) is 23.5 Å². The first-order chi connectivity index (χ1) is 11.1. The number of rotatable bonds is 4. The fourth-order valence-corrected chi connectivity index (χ4v) is 3.49. The van der Waals surface area contributed by atoms with Crippen LogP contribution in [-0.4, -0.2) is 40.1 Å². The molecule has 0 saturated carbocycles. The summed E-state index contributed by atoms with van der Waals surface area (Å²) in [5.74, 6) is -0.0129. The third kappa shape index (κ3) is 4.09. The molecule has 122 valence electrons. The second kappa shape index (κ2) is 7.10.